The first-order valence-electron chi connectivity index (χ1n) is 5.74. The van der Waals surface area contributed by atoms with E-state index < -0.39 is 0 Å². The van der Waals surface area contributed by atoms with Crippen molar-refractivity contribution in [1.29, 1.82) is 0 Å². The van der Waals surface area contributed by atoms with Gasteiger partial charge >= 0.3 is 0 Å². The summed E-state index contributed by atoms with van der Waals surface area (Å²) in [5.41, 5.74) is 8.74. The zero-order valence-corrected chi connectivity index (χ0v) is 10.5. The summed E-state index contributed by atoms with van der Waals surface area (Å²) in [4.78, 5) is 0. The topological polar surface area (TPSA) is 26.0 Å². The molecule has 1 aromatic rings. The smallest absolute Gasteiger partial charge is 0.0303 e. The van der Waals surface area contributed by atoms with Gasteiger partial charge in [0.25, 0.3) is 0 Å². The van der Waals surface area contributed by atoms with Crippen LogP contribution < -0.4 is 5.73 Å². The van der Waals surface area contributed by atoms with E-state index in [0.717, 1.165) is 12.8 Å². The third-order valence-electron chi connectivity index (χ3n) is 2.80. The van der Waals surface area contributed by atoms with E-state index in [2.05, 4.69) is 51.0 Å². The summed E-state index contributed by atoms with van der Waals surface area (Å²) in [6.07, 6.45) is 6.82. The molecule has 0 saturated carbocycles. The van der Waals surface area contributed by atoms with E-state index in [0.29, 0.717) is 0 Å². The summed E-state index contributed by atoms with van der Waals surface area (Å²) in [5.74, 6) is 2.62. The molecule has 16 heavy (non-hydrogen) atoms. The number of hydrogen-bond acceptors (Lipinski definition) is 1. The molecule has 0 bridgehead atoms. The lowest BCUT2D eigenvalue weighted by Crippen LogP contribution is -2.13. The van der Waals surface area contributed by atoms with Gasteiger partial charge in [-0.05, 0) is 23.0 Å². The number of benzene rings is 1. The van der Waals surface area contributed by atoms with E-state index >= 15 is 0 Å². The lowest BCUT2D eigenvalue weighted by molar-refractivity contribution is 0.588. The van der Waals surface area contributed by atoms with Gasteiger partial charge in [0.2, 0.25) is 0 Å². The molecule has 1 heteroatoms. The highest BCUT2D eigenvalue weighted by molar-refractivity contribution is 5.29. The summed E-state index contributed by atoms with van der Waals surface area (Å²) < 4.78 is 0. The molecule has 1 nitrogen and oxygen atoms in total. The molecule has 0 saturated heterocycles. The maximum Gasteiger partial charge on any atom is 0.0303 e. The fraction of sp³-hybridized carbons (Fsp3) is 0.467. The zero-order valence-electron chi connectivity index (χ0n) is 10.5. The number of hydrogen-bond donors (Lipinski definition) is 1. The zero-order chi connectivity index (χ0) is 12.2. The Hall–Kier alpha value is -1.26. The Morgan fingerprint density at radius 3 is 2.25 bits per heavy atom. The van der Waals surface area contributed by atoms with Gasteiger partial charge in [-0.1, -0.05) is 45.0 Å². The van der Waals surface area contributed by atoms with Crippen LogP contribution >= 0.6 is 0 Å². The standard InChI is InChI=1S/C15H21N/c1-5-6-7-14(16)12-8-10-13(11-9-12)15(2,3)4/h1,8-11,14H,6-7,16H2,2-4H3. The molecule has 0 aliphatic rings. The lowest BCUT2D eigenvalue weighted by Gasteiger charge is -2.20. The van der Waals surface area contributed by atoms with Crippen LogP contribution in [0.15, 0.2) is 24.3 Å². The van der Waals surface area contributed by atoms with Crippen molar-refractivity contribution < 1.29 is 0 Å². The number of rotatable bonds is 3. The van der Waals surface area contributed by atoms with Crippen molar-refractivity contribution in [3.8, 4) is 12.3 Å². The summed E-state index contributed by atoms with van der Waals surface area (Å²) in [7, 11) is 0. The van der Waals surface area contributed by atoms with Gasteiger partial charge in [0.1, 0.15) is 0 Å². The first kappa shape index (κ1) is 12.8. The van der Waals surface area contributed by atoms with E-state index in [1.165, 1.54) is 11.1 Å². The maximum atomic E-state index is 6.04. The molecule has 1 atom stereocenters. The molecule has 86 valence electrons. The second kappa shape index (κ2) is 5.18. The fourth-order valence-corrected chi connectivity index (χ4v) is 1.64. The first-order chi connectivity index (χ1) is 7.45. The third-order valence-corrected chi connectivity index (χ3v) is 2.80. The lowest BCUT2D eigenvalue weighted by atomic mass is 9.86. The second-order valence-electron chi connectivity index (χ2n) is 5.22. The molecular weight excluding hydrogens is 194 g/mol. The Balaban J connectivity index is 2.76. The van der Waals surface area contributed by atoms with Gasteiger partial charge in [-0.3, -0.25) is 0 Å². The first-order valence-corrected chi connectivity index (χ1v) is 5.74. The fourth-order valence-electron chi connectivity index (χ4n) is 1.64. The van der Waals surface area contributed by atoms with E-state index in [-0.39, 0.29) is 11.5 Å². The number of terminal acetylenes is 1. The van der Waals surface area contributed by atoms with Crippen molar-refractivity contribution in [3.63, 3.8) is 0 Å². The molecule has 1 unspecified atom stereocenters. The van der Waals surface area contributed by atoms with Crippen molar-refractivity contribution in [2.45, 2.75) is 45.1 Å². The highest BCUT2D eigenvalue weighted by Gasteiger charge is 2.13. The predicted octanol–water partition coefficient (Wildman–Crippen LogP) is 3.40. The Kier molecular flexibility index (Phi) is 4.15. The van der Waals surface area contributed by atoms with E-state index in [1.54, 1.807) is 0 Å². The van der Waals surface area contributed by atoms with Crippen molar-refractivity contribution >= 4 is 0 Å². The van der Waals surface area contributed by atoms with Crippen LogP contribution in [-0.2, 0) is 5.41 Å². The van der Waals surface area contributed by atoms with Gasteiger partial charge in [-0.15, -0.1) is 12.3 Å². The Morgan fingerprint density at radius 2 is 1.81 bits per heavy atom. The van der Waals surface area contributed by atoms with Gasteiger partial charge in [-0.2, -0.15) is 0 Å². The molecule has 0 aromatic heterocycles. The van der Waals surface area contributed by atoms with Crippen LogP contribution in [0, 0.1) is 12.3 Å². The highest BCUT2D eigenvalue weighted by Crippen LogP contribution is 2.24. The van der Waals surface area contributed by atoms with Crippen molar-refractivity contribution in [2.24, 2.45) is 5.73 Å². The van der Waals surface area contributed by atoms with Crippen LogP contribution in [0.4, 0.5) is 0 Å². The molecule has 1 rings (SSSR count). The Bertz CT molecular complexity index is 362. The summed E-state index contributed by atoms with van der Waals surface area (Å²) >= 11 is 0. The average Bonchev–Trinajstić information content (AvgIpc) is 2.25. The van der Waals surface area contributed by atoms with Crippen molar-refractivity contribution in [3.05, 3.63) is 35.4 Å². The summed E-state index contributed by atoms with van der Waals surface area (Å²) in [5, 5.41) is 0. The van der Waals surface area contributed by atoms with E-state index in [9.17, 15) is 0 Å². The third kappa shape index (κ3) is 3.40. The minimum atomic E-state index is 0.0602. The second-order valence-corrected chi connectivity index (χ2v) is 5.22. The highest BCUT2D eigenvalue weighted by atomic mass is 14.6. The maximum absolute atomic E-state index is 6.04. The van der Waals surface area contributed by atoms with Gasteiger partial charge in [-0.25, -0.2) is 0 Å². The molecule has 0 aliphatic carbocycles. The van der Waals surface area contributed by atoms with Gasteiger partial charge in [0.15, 0.2) is 0 Å². The molecule has 1 aromatic carbocycles. The average molecular weight is 215 g/mol. The van der Waals surface area contributed by atoms with Crippen LogP contribution in [0.5, 0.6) is 0 Å². The van der Waals surface area contributed by atoms with Crippen LogP contribution in [0.3, 0.4) is 0 Å². The minimum absolute atomic E-state index is 0.0602. The molecule has 0 radical (unpaired) electrons. The van der Waals surface area contributed by atoms with Gasteiger partial charge < -0.3 is 5.73 Å². The Labute approximate surface area is 99.1 Å². The number of nitrogens with two attached hydrogens (primary N) is 1. The molecule has 2 N–H and O–H groups in total. The van der Waals surface area contributed by atoms with Crippen LogP contribution in [0.1, 0.15) is 50.8 Å². The summed E-state index contributed by atoms with van der Waals surface area (Å²) in [6, 6.07) is 8.60. The van der Waals surface area contributed by atoms with E-state index in [4.69, 9.17) is 12.2 Å². The largest absolute Gasteiger partial charge is 0.324 e. The molecular formula is C15H21N. The Morgan fingerprint density at radius 1 is 1.25 bits per heavy atom. The molecule has 0 spiro atoms. The predicted molar refractivity (Wildman–Crippen MR) is 70.1 cm³/mol. The molecule has 0 aliphatic heterocycles. The molecule has 0 heterocycles. The van der Waals surface area contributed by atoms with E-state index in [1.807, 2.05) is 0 Å². The monoisotopic (exact) mass is 215 g/mol. The van der Waals surface area contributed by atoms with Crippen molar-refractivity contribution in [2.75, 3.05) is 0 Å². The van der Waals surface area contributed by atoms with Gasteiger partial charge in [0.05, 0.1) is 0 Å². The normalized spacial score (nSPS) is 13.2. The van der Waals surface area contributed by atoms with Crippen LogP contribution in [-0.4, -0.2) is 0 Å². The molecule has 0 amide bonds. The van der Waals surface area contributed by atoms with Crippen LogP contribution in [0.25, 0.3) is 0 Å². The molecule has 0 fully saturated rings. The quantitative estimate of drug-likeness (QED) is 0.768. The van der Waals surface area contributed by atoms with Crippen molar-refractivity contribution in [1.82, 2.24) is 0 Å². The minimum Gasteiger partial charge on any atom is -0.324 e. The van der Waals surface area contributed by atoms with Crippen LogP contribution in [0.2, 0.25) is 0 Å². The SMILES string of the molecule is C#CCCC(N)c1ccc(C(C)(C)C)cc1. The van der Waals surface area contributed by atoms with Gasteiger partial charge in [0, 0.05) is 12.5 Å². The summed E-state index contributed by atoms with van der Waals surface area (Å²) in [6.45, 7) is 6.63.